The molecule has 0 saturated carbocycles. The molecule has 2 aromatic carbocycles. The summed E-state index contributed by atoms with van der Waals surface area (Å²) in [6.45, 7) is 5.17. The molecule has 1 saturated heterocycles. The molecule has 152 valence electrons. The summed E-state index contributed by atoms with van der Waals surface area (Å²) in [5.74, 6) is 0.651. The second kappa shape index (κ2) is 8.69. The molecule has 1 aromatic heterocycles. The smallest absolute Gasteiger partial charge is 0.260 e. The Morgan fingerprint density at radius 3 is 2.79 bits per heavy atom. The third-order valence-electron chi connectivity index (χ3n) is 4.70. The van der Waals surface area contributed by atoms with Gasteiger partial charge in [0.1, 0.15) is 5.75 Å². The summed E-state index contributed by atoms with van der Waals surface area (Å²) in [6, 6.07) is 12.8. The summed E-state index contributed by atoms with van der Waals surface area (Å²) in [4.78, 5) is 19.8. The third kappa shape index (κ3) is 4.71. The quantitative estimate of drug-likeness (QED) is 0.513. The Balaban J connectivity index is 1.64. The number of hydrogen-bond donors (Lipinski definition) is 0. The summed E-state index contributed by atoms with van der Waals surface area (Å²) >= 11 is 7.59. The van der Waals surface area contributed by atoms with E-state index in [0.29, 0.717) is 22.3 Å². The molecule has 1 unspecified atom stereocenters. The molecule has 0 N–H and O–H groups in total. The van der Waals surface area contributed by atoms with Gasteiger partial charge in [0.2, 0.25) is 0 Å². The van der Waals surface area contributed by atoms with Crippen molar-refractivity contribution in [3.05, 3.63) is 53.1 Å². The molecule has 4 rings (SSSR count). The summed E-state index contributed by atoms with van der Waals surface area (Å²) in [5, 5.41) is 1.32. The van der Waals surface area contributed by atoms with Crippen LogP contribution in [0.15, 0.2) is 42.5 Å². The molecule has 7 heteroatoms. The van der Waals surface area contributed by atoms with Crippen molar-refractivity contribution in [1.29, 1.82) is 0 Å². The molecular weight excluding hydrogens is 408 g/mol. The average molecular weight is 431 g/mol. The van der Waals surface area contributed by atoms with Crippen LogP contribution in [0.3, 0.4) is 0 Å². The average Bonchev–Trinajstić information content (AvgIpc) is 3.34. The van der Waals surface area contributed by atoms with Crippen LogP contribution in [0.5, 0.6) is 5.75 Å². The maximum absolute atomic E-state index is 13.4. The second-order valence-corrected chi connectivity index (χ2v) is 8.80. The molecule has 1 amide bonds. The zero-order valence-corrected chi connectivity index (χ0v) is 18.0. The number of anilines is 1. The number of halogens is 1. The fourth-order valence-corrected chi connectivity index (χ4v) is 4.59. The van der Waals surface area contributed by atoms with Gasteiger partial charge in [-0.25, -0.2) is 4.98 Å². The van der Waals surface area contributed by atoms with Gasteiger partial charge in [-0.2, -0.15) is 0 Å². The van der Waals surface area contributed by atoms with E-state index >= 15 is 0 Å². The molecule has 0 aliphatic carbocycles. The van der Waals surface area contributed by atoms with Crippen molar-refractivity contribution in [2.24, 2.45) is 0 Å². The number of amides is 1. The number of nitrogens with zero attached hydrogens (tertiary/aromatic N) is 2. The second-order valence-electron chi connectivity index (χ2n) is 7.35. The molecule has 3 aromatic rings. The van der Waals surface area contributed by atoms with Gasteiger partial charge in [-0.1, -0.05) is 22.9 Å². The van der Waals surface area contributed by atoms with Gasteiger partial charge in [-0.3, -0.25) is 9.69 Å². The number of carbonyl (C=O) groups excluding carboxylic acids is 1. The van der Waals surface area contributed by atoms with Crippen LogP contribution in [-0.2, 0) is 4.74 Å². The highest BCUT2D eigenvalue weighted by atomic mass is 35.5. The van der Waals surface area contributed by atoms with Gasteiger partial charge in [-0.15, -0.1) is 0 Å². The fraction of sp³-hybridized carbons (Fsp3) is 0.364. The Morgan fingerprint density at radius 1 is 1.31 bits per heavy atom. The zero-order valence-electron chi connectivity index (χ0n) is 16.4. The highest BCUT2D eigenvalue weighted by molar-refractivity contribution is 7.22. The Hall–Kier alpha value is -2.15. The van der Waals surface area contributed by atoms with Crippen molar-refractivity contribution in [3.63, 3.8) is 0 Å². The summed E-state index contributed by atoms with van der Waals surface area (Å²) < 4.78 is 12.4. The first-order valence-electron chi connectivity index (χ1n) is 9.76. The highest BCUT2D eigenvalue weighted by Crippen LogP contribution is 2.32. The van der Waals surface area contributed by atoms with Crippen molar-refractivity contribution in [2.45, 2.75) is 38.9 Å². The van der Waals surface area contributed by atoms with Crippen LogP contribution in [0.2, 0.25) is 5.02 Å². The number of fused-ring (bicyclic) bond motifs is 1. The van der Waals surface area contributed by atoms with E-state index in [0.717, 1.165) is 35.4 Å². The summed E-state index contributed by atoms with van der Waals surface area (Å²) in [5.41, 5.74) is 1.43. The standard InChI is InChI=1S/C22H23ClN2O3S/c1-14(2)28-17-8-5-15(6-9-17)21(26)25(13-18-4-3-11-27-18)22-24-19-10-7-16(23)12-20(19)29-22/h5-10,12,14,18H,3-4,11,13H2,1-2H3. The number of benzene rings is 2. The number of carbonyl (C=O) groups is 1. The number of aromatic nitrogens is 1. The van der Waals surface area contributed by atoms with Crippen LogP contribution in [0.25, 0.3) is 10.2 Å². The van der Waals surface area contributed by atoms with Crippen molar-refractivity contribution < 1.29 is 14.3 Å². The molecule has 1 aliphatic rings. The topological polar surface area (TPSA) is 51.7 Å². The van der Waals surface area contributed by atoms with E-state index in [9.17, 15) is 4.79 Å². The van der Waals surface area contributed by atoms with E-state index < -0.39 is 0 Å². The largest absolute Gasteiger partial charge is 0.491 e. The molecule has 5 nitrogen and oxygen atoms in total. The van der Waals surface area contributed by atoms with Crippen molar-refractivity contribution in [2.75, 3.05) is 18.1 Å². The summed E-state index contributed by atoms with van der Waals surface area (Å²) in [6.07, 6.45) is 2.07. The van der Waals surface area contributed by atoms with Crippen LogP contribution in [0.4, 0.5) is 5.13 Å². The molecule has 0 bridgehead atoms. The predicted molar refractivity (Wildman–Crippen MR) is 117 cm³/mol. The van der Waals surface area contributed by atoms with Gasteiger partial charge >= 0.3 is 0 Å². The van der Waals surface area contributed by atoms with Gasteiger partial charge in [0.25, 0.3) is 5.91 Å². The van der Waals surface area contributed by atoms with Crippen LogP contribution < -0.4 is 9.64 Å². The number of thiazole rings is 1. The summed E-state index contributed by atoms with van der Waals surface area (Å²) in [7, 11) is 0. The van der Waals surface area contributed by atoms with E-state index in [1.165, 1.54) is 11.3 Å². The molecule has 29 heavy (non-hydrogen) atoms. The van der Waals surface area contributed by atoms with Gasteiger partial charge in [0.05, 0.1) is 29.0 Å². The lowest BCUT2D eigenvalue weighted by molar-refractivity contribution is 0.0917. The number of hydrogen-bond acceptors (Lipinski definition) is 5. The van der Waals surface area contributed by atoms with E-state index in [4.69, 9.17) is 21.1 Å². The third-order valence-corrected chi connectivity index (χ3v) is 5.97. The van der Waals surface area contributed by atoms with Gasteiger partial charge in [0, 0.05) is 17.2 Å². The zero-order chi connectivity index (χ0) is 20.4. The van der Waals surface area contributed by atoms with Gasteiger partial charge in [-0.05, 0) is 69.2 Å². The molecule has 1 atom stereocenters. The minimum Gasteiger partial charge on any atom is -0.491 e. The van der Waals surface area contributed by atoms with Crippen molar-refractivity contribution in [1.82, 2.24) is 4.98 Å². The van der Waals surface area contributed by atoms with Crippen LogP contribution in [0.1, 0.15) is 37.0 Å². The predicted octanol–water partition coefficient (Wildman–Crippen LogP) is 5.56. The van der Waals surface area contributed by atoms with Crippen LogP contribution >= 0.6 is 22.9 Å². The fourth-order valence-electron chi connectivity index (χ4n) is 3.35. The highest BCUT2D eigenvalue weighted by Gasteiger charge is 2.27. The number of ether oxygens (including phenoxy) is 2. The minimum atomic E-state index is -0.0956. The van der Waals surface area contributed by atoms with Gasteiger partial charge in [0.15, 0.2) is 5.13 Å². The lowest BCUT2D eigenvalue weighted by Gasteiger charge is -2.23. The molecule has 0 spiro atoms. The number of rotatable bonds is 6. The lowest BCUT2D eigenvalue weighted by atomic mass is 10.1. The Labute approximate surface area is 179 Å². The first-order chi connectivity index (χ1) is 14.0. The molecule has 0 radical (unpaired) electrons. The molecule has 2 heterocycles. The van der Waals surface area contributed by atoms with Gasteiger partial charge < -0.3 is 9.47 Å². The minimum absolute atomic E-state index is 0.0260. The maximum Gasteiger partial charge on any atom is 0.260 e. The monoisotopic (exact) mass is 430 g/mol. The first kappa shape index (κ1) is 20.1. The Bertz CT molecular complexity index is 997. The van der Waals surface area contributed by atoms with Crippen molar-refractivity contribution in [3.8, 4) is 5.75 Å². The van der Waals surface area contributed by atoms with E-state index in [-0.39, 0.29) is 18.1 Å². The Morgan fingerprint density at radius 2 is 2.10 bits per heavy atom. The first-order valence-corrected chi connectivity index (χ1v) is 11.0. The van der Waals surface area contributed by atoms with Crippen LogP contribution in [0, 0.1) is 0 Å². The van der Waals surface area contributed by atoms with E-state index in [1.54, 1.807) is 17.0 Å². The normalized spacial score (nSPS) is 16.5. The molecular formula is C22H23ClN2O3S. The van der Waals surface area contributed by atoms with Crippen LogP contribution in [-0.4, -0.2) is 36.3 Å². The lowest BCUT2D eigenvalue weighted by Crippen LogP contribution is -2.37. The molecule has 1 aliphatic heterocycles. The molecule has 1 fully saturated rings. The van der Waals surface area contributed by atoms with Crippen molar-refractivity contribution >= 4 is 44.2 Å². The van der Waals surface area contributed by atoms with E-state index in [1.807, 2.05) is 44.2 Å². The SMILES string of the molecule is CC(C)Oc1ccc(C(=O)N(CC2CCCO2)c2nc3ccc(Cl)cc3s2)cc1. The maximum atomic E-state index is 13.4. The Kier molecular flexibility index (Phi) is 6.04. The van der Waals surface area contributed by atoms with E-state index in [2.05, 4.69) is 4.98 Å².